The van der Waals surface area contributed by atoms with Gasteiger partial charge < -0.3 is 11.5 Å². The maximum Gasteiger partial charge on any atom is 0.254 e. The molecule has 1 fully saturated rings. The molecule has 2 atom stereocenters. The van der Waals surface area contributed by atoms with Crippen LogP contribution in [0.5, 0.6) is 0 Å². The summed E-state index contributed by atoms with van der Waals surface area (Å²) < 4.78 is 0. The van der Waals surface area contributed by atoms with Crippen molar-refractivity contribution >= 4 is 11.7 Å². The second-order valence-corrected chi connectivity index (χ2v) is 5.26. The lowest BCUT2D eigenvalue weighted by Gasteiger charge is -2.26. The highest BCUT2D eigenvalue weighted by molar-refractivity contribution is 5.98. The molecule has 4 N–H and O–H groups in total. The molecule has 2 unspecified atom stereocenters. The van der Waals surface area contributed by atoms with Crippen LogP contribution in [0.2, 0.25) is 0 Å². The lowest BCUT2D eigenvalue weighted by molar-refractivity contribution is 0.0999. The first kappa shape index (κ1) is 12.8. The van der Waals surface area contributed by atoms with Crippen molar-refractivity contribution in [2.75, 3.05) is 5.73 Å². The second-order valence-electron chi connectivity index (χ2n) is 5.26. The minimum Gasteiger partial charge on any atom is -0.383 e. The summed E-state index contributed by atoms with van der Waals surface area (Å²) in [5.74, 6) is 1.47. The number of hydrogen-bond acceptors (Lipinski definition) is 4. The summed E-state index contributed by atoms with van der Waals surface area (Å²) in [6.45, 7) is 4.01. The van der Waals surface area contributed by atoms with Gasteiger partial charge in [-0.05, 0) is 25.7 Å². The van der Waals surface area contributed by atoms with Crippen LogP contribution in [0.15, 0.2) is 0 Å². The van der Waals surface area contributed by atoms with Crippen LogP contribution < -0.4 is 11.5 Å². The fraction of sp³-hybridized carbons (Fsp3) is 0.615. The van der Waals surface area contributed by atoms with Gasteiger partial charge >= 0.3 is 0 Å². The number of nitrogens with zero attached hydrogens (tertiary/aromatic N) is 2. The average molecular weight is 248 g/mol. The van der Waals surface area contributed by atoms with Gasteiger partial charge in [-0.15, -0.1) is 0 Å². The monoisotopic (exact) mass is 248 g/mol. The molecule has 0 aliphatic heterocycles. The van der Waals surface area contributed by atoms with Crippen molar-refractivity contribution < 1.29 is 4.79 Å². The van der Waals surface area contributed by atoms with Gasteiger partial charge in [0.25, 0.3) is 5.91 Å². The Labute approximate surface area is 107 Å². The van der Waals surface area contributed by atoms with E-state index in [1.807, 2.05) is 0 Å². The van der Waals surface area contributed by atoms with E-state index in [4.69, 9.17) is 11.5 Å². The van der Waals surface area contributed by atoms with Gasteiger partial charge in [0.05, 0.1) is 5.69 Å². The molecule has 1 aromatic heterocycles. The van der Waals surface area contributed by atoms with E-state index in [2.05, 4.69) is 16.9 Å². The highest BCUT2D eigenvalue weighted by Gasteiger charge is 2.24. The number of rotatable bonds is 2. The molecule has 0 aromatic carbocycles. The van der Waals surface area contributed by atoms with Gasteiger partial charge in [0, 0.05) is 5.92 Å². The molecular formula is C13H20N4O. The molecule has 1 aromatic rings. The van der Waals surface area contributed by atoms with Crippen LogP contribution in [0.4, 0.5) is 5.82 Å². The van der Waals surface area contributed by atoms with Crippen LogP contribution in [-0.2, 0) is 0 Å². The standard InChI is InChI=1S/C13H20N4O/c1-7-4-3-5-9(6-7)13-16-8(2)10(12(15)18)11(14)17-13/h7,9H,3-6H2,1-2H3,(H2,15,18)(H2,14,16,17). The van der Waals surface area contributed by atoms with Crippen LogP contribution in [0, 0.1) is 12.8 Å². The van der Waals surface area contributed by atoms with E-state index in [9.17, 15) is 4.79 Å². The van der Waals surface area contributed by atoms with Crippen molar-refractivity contribution in [2.45, 2.75) is 45.4 Å². The van der Waals surface area contributed by atoms with E-state index < -0.39 is 5.91 Å². The summed E-state index contributed by atoms with van der Waals surface area (Å²) in [6.07, 6.45) is 4.66. The highest BCUT2D eigenvalue weighted by Crippen LogP contribution is 2.34. The summed E-state index contributed by atoms with van der Waals surface area (Å²) in [5, 5.41) is 0. The number of aromatic nitrogens is 2. The molecular weight excluding hydrogens is 228 g/mol. The Bertz CT molecular complexity index is 449. The number of anilines is 1. The maximum absolute atomic E-state index is 11.2. The molecule has 5 nitrogen and oxygen atoms in total. The number of carbonyl (C=O) groups is 1. The van der Waals surface area contributed by atoms with Crippen molar-refractivity contribution in [1.29, 1.82) is 0 Å². The zero-order chi connectivity index (χ0) is 13.3. The summed E-state index contributed by atoms with van der Waals surface area (Å²) >= 11 is 0. The van der Waals surface area contributed by atoms with Crippen LogP contribution >= 0.6 is 0 Å². The molecule has 0 radical (unpaired) electrons. The Balaban J connectivity index is 2.32. The Morgan fingerprint density at radius 1 is 1.33 bits per heavy atom. The molecule has 1 heterocycles. The minimum absolute atomic E-state index is 0.211. The first-order chi connectivity index (χ1) is 8.49. The van der Waals surface area contributed by atoms with Crippen LogP contribution in [-0.4, -0.2) is 15.9 Å². The quantitative estimate of drug-likeness (QED) is 0.833. The predicted molar refractivity (Wildman–Crippen MR) is 70.1 cm³/mol. The molecule has 0 saturated heterocycles. The first-order valence-corrected chi connectivity index (χ1v) is 6.42. The van der Waals surface area contributed by atoms with Gasteiger partial charge in [-0.2, -0.15) is 0 Å². The Kier molecular flexibility index (Phi) is 3.50. The number of aryl methyl sites for hydroxylation is 1. The van der Waals surface area contributed by atoms with Gasteiger partial charge in [-0.1, -0.05) is 19.8 Å². The predicted octanol–water partition coefficient (Wildman–Crippen LogP) is 1.76. The van der Waals surface area contributed by atoms with Gasteiger partial charge in [0.1, 0.15) is 17.2 Å². The minimum atomic E-state index is -0.562. The van der Waals surface area contributed by atoms with Gasteiger partial charge in [-0.25, -0.2) is 9.97 Å². The lowest BCUT2D eigenvalue weighted by atomic mass is 9.82. The fourth-order valence-corrected chi connectivity index (χ4v) is 2.77. The summed E-state index contributed by atoms with van der Waals surface area (Å²) in [6, 6.07) is 0. The van der Waals surface area contributed by atoms with Gasteiger partial charge in [0.15, 0.2) is 0 Å². The third kappa shape index (κ3) is 2.44. The fourth-order valence-electron chi connectivity index (χ4n) is 2.77. The van der Waals surface area contributed by atoms with Crippen molar-refractivity contribution in [3.63, 3.8) is 0 Å². The molecule has 0 bridgehead atoms. The summed E-state index contributed by atoms with van der Waals surface area (Å²) in [5.41, 5.74) is 11.9. The van der Waals surface area contributed by atoms with E-state index >= 15 is 0 Å². The highest BCUT2D eigenvalue weighted by atomic mass is 16.1. The van der Waals surface area contributed by atoms with Gasteiger partial charge in [-0.3, -0.25) is 4.79 Å². The van der Waals surface area contributed by atoms with E-state index in [0.717, 1.165) is 18.7 Å². The average Bonchev–Trinajstić information content (AvgIpc) is 2.27. The van der Waals surface area contributed by atoms with E-state index in [1.54, 1.807) is 6.92 Å². The van der Waals surface area contributed by atoms with E-state index in [1.165, 1.54) is 12.8 Å². The topological polar surface area (TPSA) is 94.9 Å². The number of amides is 1. The van der Waals surface area contributed by atoms with Crippen molar-refractivity contribution in [2.24, 2.45) is 11.7 Å². The molecule has 5 heteroatoms. The number of nitrogens with two attached hydrogens (primary N) is 2. The van der Waals surface area contributed by atoms with E-state index in [0.29, 0.717) is 17.5 Å². The second kappa shape index (κ2) is 4.92. The Morgan fingerprint density at radius 3 is 2.61 bits per heavy atom. The largest absolute Gasteiger partial charge is 0.383 e. The lowest BCUT2D eigenvalue weighted by Crippen LogP contribution is -2.21. The third-order valence-electron chi connectivity index (χ3n) is 3.68. The van der Waals surface area contributed by atoms with Crippen molar-refractivity contribution in [3.05, 3.63) is 17.1 Å². The zero-order valence-electron chi connectivity index (χ0n) is 10.9. The number of hydrogen-bond donors (Lipinski definition) is 2. The molecule has 2 rings (SSSR count). The zero-order valence-corrected chi connectivity index (χ0v) is 10.9. The molecule has 18 heavy (non-hydrogen) atoms. The molecule has 98 valence electrons. The van der Waals surface area contributed by atoms with Crippen molar-refractivity contribution in [1.82, 2.24) is 9.97 Å². The Morgan fingerprint density at radius 2 is 2.06 bits per heavy atom. The van der Waals surface area contributed by atoms with Crippen LogP contribution in [0.25, 0.3) is 0 Å². The third-order valence-corrected chi connectivity index (χ3v) is 3.68. The molecule has 1 saturated carbocycles. The smallest absolute Gasteiger partial charge is 0.254 e. The number of primary amides is 1. The summed E-state index contributed by atoms with van der Waals surface area (Å²) in [7, 11) is 0. The SMILES string of the molecule is Cc1nc(C2CCCC(C)C2)nc(N)c1C(N)=O. The maximum atomic E-state index is 11.2. The van der Waals surface area contributed by atoms with Gasteiger partial charge in [0.2, 0.25) is 0 Å². The number of nitrogen functional groups attached to an aromatic ring is 1. The first-order valence-electron chi connectivity index (χ1n) is 6.42. The van der Waals surface area contributed by atoms with Crippen LogP contribution in [0.3, 0.4) is 0 Å². The number of carbonyl (C=O) groups excluding carboxylic acids is 1. The molecule has 1 aliphatic carbocycles. The van der Waals surface area contributed by atoms with Crippen molar-refractivity contribution in [3.8, 4) is 0 Å². The normalized spacial score (nSPS) is 23.9. The Hall–Kier alpha value is -1.65. The van der Waals surface area contributed by atoms with E-state index in [-0.39, 0.29) is 11.4 Å². The van der Waals surface area contributed by atoms with Crippen LogP contribution in [0.1, 0.15) is 60.4 Å². The molecule has 1 amide bonds. The summed E-state index contributed by atoms with van der Waals surface area (Å²) in [4.78, 5) is 19.9. The molecule has 1 aliphatic rings. The molecule has 0 spiro atoms.